The van der Waals surface area contributed by atoms with Crippen molar-refractivity contribution in [3.63, 3.8) is 0 Å². The van der Waals surface area contributed by atoms with E-state index in [1.54, 1.807) is 19.1 Å². The lowest BCUT2D eigenvalue weighted by Crippen LogP contribution is -2.15. The van der Waals surface area contributed by atoms with E-state index < -0.39 is 24.3 Å². The highest BCUT2D eigenvalue weighted by molar-refractivity contribution is 9.10. The van der Waals surface area contributed by atoms with Gasteiger partial charge in [-0.15, -0.1) is 0 Å². The number of esters is 1. The molecule has 2 aromatic carbocycles. The monoisotopic (exact) mass is 464 g/mol. The molecule has 0 radical (unpaired) electrons. The van der Waals surface area contributed by atoms with Crippen LogP contribution in [-0.2, 0) is 24.0 Å². The number of halogens is 5. The molecule has 27 heavy (non-hydrogen) atoms. The maximum absolute atomic E-state index is 13.4. The third-order valence-electron chi connectivity index (χ3n) is 3.80. The third-order valence-corrected chi connectivity index (χ3v) is 4.78. The van der Waals surface area contributed by atoms with E-state index in [9.17, 15) is 18.0 Å². The van der Waals surface area contributed by atoms with Gasteiger partial charge in [0.05, 0.1) is 10.0 Å². The zero-order valence-electron chi connectivity index (χ0n) is 14.6. The molecule has 0 atom stereocenters. The molecule has 0 bridgehead atoms. The molecule has 0 amide bonds. The Morgan fingerprint density at radius 2 is 1.89 bits per heavy atom. The molecule has 0 N–H and O–H groups in total. The van der Waals surface area contributed by atoms with Gasteiger partial charge in [-0.1, -0.05) is 31.5 Å². The Labute approximate surface area is 168 Å². The molecule has 0 fully saturated rings. The van der Waals surface area contributed by atoms with Gasteiger partial charge in [-0.3, -0.25) is 4.79 Å². The average molecular weight is 466 g/mol. The molecule has 0 aliphatic carbocycles. The van der Waals surface area contributed by atoms with Crippen molar-refractivity contribution in [2.45, 2.75) is 39.5 Å². The minimum atomic E-state index is -4.62. The summed E-state index contributed by atoms with van der Waals surface area (Å²) in [5.41, 5.74) is -0.296. The van der Waals surface area contributed by atoms with Crippen molar-refractivity contribution >= 4 is 33.5 Å². The number of benzene rings is 2. The first kappa shape index (κ1) is 21.6. The molecule has 0 spiro atoms. The fourth-order valence-electron chi connectivity index (χ4n) is 2.37. The van der Waals surface area contributed by atoms with Gasteiger partial charge in [0.15, 0.2) is 0 Å². The smallest absolute Gasteiger partial charge is 0.416 e. The summed E-state index contributed by atoms with van der Waals surface area (Å²) in [6.07, 6.45) is -3.88. The molecular formula is C19H17BrClF3O3. The van der Waals surface area contributed by atoms with Crippen molar-refractivity contribution in [2.24, 2.45) is 0 Å². The number of carbonyl (C=O) groups is 1. The van der Waals surface area contributed by atoms with Gasteiger partial charge in [0, 0.05) is 23.1 Å². The van der Waals surface area contributed by atoms with E-state index in [-0.39, 0.29) is 17.7 Å². The number of aryl methyl sites for hydroxylation is 1. The minimum Gasteiger partial charge on any atom is -0.488 e. The Morgan fingerprint density at radius 3 is 2.48 bits per heavy atom. The minimum absolute atomic E-state index is 0.0379. The van der Waals surface area contributed by atoms with Crippen molar-refractivity contribution in [3.8, 4) is 11.5 Å². The van der Waals surface area contributed by atoms with Crippen LogP contribution in [0.25, 0.3) is 0 Å². The Bertz CT molecular complexity index is 838. The summed E-state index contributed by atoms with van der Waals surface area (Å²) in [7, 11) is 0. The summed E-state index contributed by atoms with van der Waals surface area (Å²) in [5.74, 6) is -0.516. The predicted molar refractivity (Wildman–Crippen MR) is 100 cm³/mol. The van der Waals surface area contributed by atoms with E-state index in [1.165, 1.54) is 12.1 Å². The van der Waals surface area contributed by atoms with Gasteiger partial charge in [0.1, 0.15) is 18.1 Å². The fourth-order valence-corrected chi connectivity index (χ4v) is 3.16. The van der Waals surface area contributed by atoms with Crippen LogP contribution in [0.2, 0.25) is 5.02 Å². The van der Waals surface area contributed by atoms with Crippen molar-refractivity contribution in [1.29, 1.82) is 0 Å². The summed E-state index contributed by atoms with van der Waals surface area (Å²) >= 11 is 9.49. The molecule has 0 heterocycles. The molecule has 146 valence electrons. The molecular weight excluding hydrogens is 449 g/mol. The lowest BCUT2D eigenvalue weighted by atomic mass is 10.1. The van der Waals surface area contributed by atoms with Crippen LogP contribution in [0.15, 0.2) is 34.8 Å². The normalized spacial score (nSPS) is 11.4. The van der Waals surface area contributed by atoms with Crippen LogP contribution in [0.3, 0.4) is 0 Å². The Balaban J connectivity index is 2.39. The number of rotatable bonds is 6. The maximum Gasteiger partial charge on any atom is 0.416 e. The second kappa shape index (κ2) is 8.97. The second-order valence-electron chi connectivity index (χ2n) is 5.62. The first-order valence-electron chi connectivity index (χ1n) is 8.17. The van der Waals surface area contributed by atoms with E-state index in [2.05, 4.69) is 15.9 Å². The van der Waals surface area contributed by atoms with Crippen LogP contribution in [0.5, 0.6) is 11.5 Å². The average Bonchev–Trinajstić information content (AvgIpc) is 2.61. The molecule has 0 aliphatic rings. The molecule has 2 aromatic rings. The summed E-state index contributed by atoms with van der Waals surface area (Å²) in [6, 6.07) is 6.71. The highest BCUT2D eigenvalue weighted by Gasteiger charge is 2.35. The van der Waals surface area contributed by atoms with Crippen molar-refractivity contribution in [2.75, 3.05) is 0 Å². The van der Waals surface area contributed by atoms with Crippen LogP contribution >= 0.6 is 27.5 Å². The van der Waals surface area contributed by atoms with E-state index in [0.29, 0.717) is 21.7 Å². The lowest BCUT2D eigenvalue weighted by Gasteiger charge is -2.18. The molecule has 2 rings (SSSR count). The van der Waals surface area contributed by atoms with E-state index in [0.717, 1.165) is 11.6 Å². The maximum atomic E-state index is 13.4. The van der Waals surface area contributed by atoms with Crippen LogP contribution in [0.1, 0.15) is 37.0 Å². The van der Waals surface area contributed by atoms with Gasteiger partial charge in [-0.05, 0) is 46.1 Å². The third kappa shape index (κ3) is 5.39. The van der Waals surface area contributed by atoms with Crippen molar-refractivity contribution in [1.82, 2.24) is 0 Å². The van der Waals surface area contributed by atoms with Gasteiger partial charge in [-0.2, -0.15) is 13.2 Å². The van der Waals surface area contributed by atoms with Gasteiger partial charge < -0.3 is 9.47 Å². The number of ether oxygens (including phenoxy) is 2. The summed E-state index contributed by atoms with van der Waals surface area (Å²) in [5, 5.41) is 0.456. The number of hydrogen-bond donors (Lipinski definition) is 0. The Hall–Kier alpha value is -1.73. The van der Waals surface area contributed by atoms with Gasteiger partial charge in [0.2, 0.25) is 0 Å². The van der Waals surface area contributed by atoms with Crippen LogP contribution < -0.4 is 9.47 Å². The van der Waals surface area contributed by atoms with E-state index >= 15 is 0 Å². The molecule has 0 unspecified atom stereocenters. The van der Waals surface area contributed by atoms with Crippen LogP contribution in [-0.4, -0.2) is 5.97 Å². The quantitative estimate of drug-likeness (QED) is 0.357. The Kier molecular flexibility index (Phi) is 7.17. The summed E-state index contributed by atoms with van der Waals surface area (Å²) in [6.45, 7) is 3.05. The van der Waals surface area contributed by atoms with Gasteiger partial charge >= 0.3 is 12.1 Å². The number of alkyl halides is 3. The SMILES string of the molecule is CCC(=O)Oc1cccc(C(F)(F)F)c1COc1cc(Cl)c(CC)cc1Br. The van der Waals surface area contributed by atoms with Crippen LogP contribution in [0, 0.1) is 0 Å². The van der Waals surface area contributed by atoms with Gasteiger partial charge in [0.25, 0.3) is 0 Å². The fraction of sp³-hybridized carbons (Fsp3) is 0.316. The largest absolute Gasteiger partial charge is 0.488 e. The molecule has 0 aliphatic heterocycles. The zero-order valence-corrected chi connectivity index (χ0v) is 17.0. The highest BCUT2D eigenvalue weighted by atomic mass is 79.9. The first-order chi connectivity index (χ1) is 12.7. The van der Waals surface area contributed by atoms with Crippen molar-refractivity contribution < 1.29 is 27.4 Å². The lowest BCUT2D eigenvalue weighted by molar-refractivity contribution is -0.140. The predicted octanol–water partition coefficient (Wildman–Crippen LogP) is 6.58. The summed E-state index contributed by atoms with van der Waals surface area (Å²) < 4.78 is 51.4. The molecule has 0 aromatic heterocycles. The van der Waals surface area contributed by atoms with Gasteiger partial charge in [-0.25, -0.2) is 0 Å². The second-order valence-corrected chi connectivity index (χ2v) is 6.89. The highest BCUT2D eigenvalue weighted by Crippen LogP contribution is 2.38. The van der Waals surface area contributed by atoms with E-state index in [4.69, 9.17) is 21.1 Å². The van der Waals surface area contributed by atoms with Crippen LogP contribution in [0.4, 0.5) is 13.2 Å². The molecule has 0 saturated carbocycles. The standard InChI is InChI=1S/C19H17BrClF3O3/c1-3-11-8-14(20)17(9-15(11)21)26-10-12-13(19(22,23)24)6-5-7-16(12)27-18(25)4-2/h5-9H,3-4,10H2,1-2H3. The van der Waals surface area contributed by atoms with E-state index in [1.807, 2.05) is 6.92 Å². The number of carbonyl (C=O) groups excluding carboxylic acids is 1. The topological polar surface area (TPSA) is 35.5 Å². The zero-order chi connectivity index (χ0) is 20.2. The summed E-state index contributed by atoms with van der Waals surface area (Å²) in [4.78, 5) is 11.6. The van der Waals surface area contributed by atoms with Crippen molar-refractivity contribution in [3.05, 3.63) is 56.5 Å². The first-order valence-corrected chi connectivity index (χ1v) is 9.34. The molecule has 8 heteroatoms. The number of hydrogen-bond acceptors (Lipinski definition) is 3. The Morgan fingerprint density at radius 1 is 1.19 bits per heavy atom. The molecule has 0 saturated heterocycles. The molecule has 3 nitrogen and oxygen atoms in total.